The minimum Gasteiger partial charge on any atom is -0.438 e. The highest BCUT2D eigenvalue weighted by atomic mass is 79.9. The highest BCUT2D eigenvalue weighted by Gasteiger charge is 2.45. The zero-order valence-corrected chi connectivity index (χ0v) is 17.4. The van der Waals surface area contributed by atoms with Crippen LogP contribution in [0.4, 0.5) is 13.6 Å². The molecule has 8 heteroatoms. The highest BCUT2D eigenvalue weighted by Crippen LogP contribution is 2.41. The number of rotatable bonds is 6. The molecular formula is C21H21BrF2N2O3. The van der Waals surface area contributed by atoms with Gasteiger partial charge in [0.25, 0.3) is 0 Å². The molecule has 3 rings (SSSR count). The van der Waals surface area contributed by atoms with E-state index in [1.54, 1.807) is 4.90 Å². The molecule has 0 aromatic heterocycles. The molecule has 1 aliphatic rings. The smallest absolute Gasteiger partial charge is 0.411 e. The lowest BCUT2D eigenvalue weighted by molar-refractivity contribution is -0.121. The van der Waals surface area contributed by atoms with Gasteiger partial charge in [0.1, 0.15) is 17.2 Å². The van der Waals surface area contributed by atoms with E-state index < -0.39 is 29.2 Å². The molecule has 2 aromatic carbocycles. The number of amides is 2. The van der Waals surface area contributed by atoms with Crippen LogP contribution in [-0.2, 0) is 15.1 Å². The summed E-state index contributed by atoms with van der Waals surface area (Å²) in [5.41, 5.74) is 4.85. The van der Waals surface area contributed by atoms with Gasteiger partial charge in [-0.2, -0.15) is 0 Å². The van der Waals surface area contributed by atoms with Gasteiger partial charge in [-0.25, -0.2) is 13.6 Å². The molecule has 1 saturated heterocycles. The van der Waals surface area contributed by atoms with E-state index >= 15 is 0 Å². The van der Waals surface area contributed by atoms with Gasteiger partial charge < -0.3 is 15.4 Å². The van der Waals surface area contributed by atoms with E-state index in [1.807, 2.05) is 31.2 Å². The van der Waals surface area contributed by atoms with Gasteiger partial charge >= 0.3 is 6.09 Å². The van der Waals surface area contributed by atoms with Crippen LogP contribution in [-0.4, -0.2) is 23.4 Å². The molecule has 0 radical (unpaired) electrons. The van der Waals surface area contributed by atoms with Crippen molar-refractivity contribution in [2.24, 2.45) is 5.73 Å². The second kappa shape index (κ2) is 8.49. The van der Waals surface area contributed by atoms with Gasteiger partial charge in [0, 0.05) is 41.9 Å². The predicted octanol–water partition coefficient (Wildman–Crippen LogP) is 4.79. The van der Waals surface area contributed by atoms with Gasteiger partial charge in [-0.3, -0.25) is 4.79 Å². The van der Waals surface area contributed by atoms with Crippen LogP contribution in [0.2, 0.25) is 0 Å². The van der Waals surface area contributed by atoms with Gasteiger partial charge in [0.15, 0.2) is 0 Å². The van der Waals surface area contributed by atoms with E-state index in [2.05, 4.69) is 15.9 Å². The molecule has 2 N–H and O–H groups in total. The first-order valence-electron chi connectivity index (χ1n) is 9.21. The molecule has 1 fully saturated rings. The van der Waals surface area contributed by atoms with E-state index in [0.717, 1.165) is 22.2 Å². The predicted molar refractivity (Wildman–Crippen MR) is 107 cm³/mol. The SMILES string of the molecule is CC(c1ccc(Br)cc1)N1CCC(CCC(N)=O)(c2ccc(F)cc2F)OC1=O. The Labute approximate surface area is 176 Å². The van der Waals surface area contributed by atoms with Crippen molar-refractivity contribution in [3.63, 3.8) is 0 Å². The monoisotopic (exact) mass is 466 g/mol. The number of benzene rings is 2. The second-order valence-electron chi connectivity index (χ2n) is 7.12. The Morgan fingerprint density at radius 1 is 1.28 bits per heavy atom. The average Bonchev–Trinajstić information content (AvgIpc) is 2.66. The molecule has 1 heterocycles. The first-order valence-corrected chi connectivity index (χ1v) is 10.00. The lowest BCUT2D eigenvalue weighted by Crippen LogP contribution is -2.49. The molecule has 2 unspecified atom stereocenters. The lowest BCUT2D eigenvalue weighted by Gasteiger charge is -2.43. The van der Waals surface area contributed by atoms with Crippen LogP contribution in [0, 0.1) is 11.6 Å². The Bertz CT molecular complexity index is 923. The Balaban J connectivity index is 1.88. The van der Waals surface area contributed by atoms with Crippen LogP contribution in [0.5, 0.6) is 0 Å². The standard InChI is InChI=1S/C21H21BrF2N2O3/c1-13(14-2-4-15(22)5-3-14)26-11-10-21(29-20(26)28,9-8-19(25)27)17-7-6-16(23)12-18(17)24/h2-7,12-13H,8-11H2,1H3,(H2,25,27). The Morgan fingerprint density at radius 2 is 1.97 bits per heavy atom. The molecule has 2 atom stereocenters. The Kier molecular flexibility index (Phi) is 6.21. The van der Waals surface area contributed by atoms with Crippen molar-refractivity contribution in [2.75, 3.05) is 6.54 Å². The third kappa shape index (κ3) is 4.58. The number of carbonyl (C=O) groups excluding carboxylic acids is 2. The van der Waals surface area contributed by atoms with Crippen molar-refractivity contribution in [1.82, 2.24) is 4.90 Å². The topological polar surface area (TPSA) is 72.6 Å². The summed E-state index contributed by atoms with van der Waals surface area (Å²) in [7, 11) is 0. The van der Waals surface area contributed by atoms with E-state index in [4.69, 9.17) is 10.5 Å². The molecule has 0 spiro atoms. The lowest BCUT2D eigenvalue weighted by atomic mass is 9.84. The third-order valence-corrected chi connectivity index (χ3v) is 5.82. The van der Waals surface area contributed by atoms with Gasteiger partial charge in [-0.1, -0.05) is 28.1 Å². The fourth-order valence-corrected chi connectivity index (χ4v) is 3.89. The summed E-state index contributed by atoms with van der Waals surface area (Å²) in [5.74, 6) is -2.14. The molecule has 5 nitrogen and oxygen atoms in total. The summed E-state index contributed by atoms with van der Waals surface area (Å²) in [4.78, 5) is 25.8. The van der Waals surface area contributed by atoms with E-state index in [-0.39, 0.29) is 37.4 Å². The zero-order chi connectivity index (χ0) is 21.2. The highest BCUT2D eigenvalue weighted by molar-refractivity contribution is 9.10. The largest absolute Gasteiger partial charge is 0.438 e. The van der Waals surface area contributed by atoms with Crippen LogP contribution >= 0.6 is 15.9 Å². The number of halogens is 3. The molecule has 29 heavy (non-hydrogen) atoms. The summed E-state index contributed by atoms with van der Waals surface area (Å²) in [5, 5.41) is 0. The number of primary amides is 1. The maximum Gasteiger partial charge on any atom is 0.411 e. The van der Waals surface area contributed by atoms with Crippen molar-refractivity contribution in [1.29, 1.82) is 0 Å². The van der Waals surface area contributed by atoms with E-state index in [9.17, 15) is 18.4 Å². The number of hydrogen-bond donors (Lipinski definition) is 1. The quantitative estimate of drug-likeness (QED) is 0.664. The van der Waals surface area contributed by atoms with Gasteiger partial charge in [0.2, 0.25) is 5.91 Å². The number of carbonyl (C=O) groups is 2. The molecule has 0 aliphatic carbocycles. The van der Waals surface area contributed by atoms with Gasteiger partial charge in [-0.05, 0) is 36.8 Å². The van der Waals surface area contributed by atoms with E-state index in [1.165, 1.54) is 6.07 Å². The van der Waals surface area contributed by atoms with Crippen LogP contribution in [0.15, 0.2) is 46.9 Å². The molecule has 2 aromatic rings. The maximum atomic E-state index is 14.5. The summed E-state index contributed by atoms with van der Waals surface area (Å²) in [6.07, 6.45) is -0.446. The average molecular weight is 467 g/mol. The van der Waals surface area contributed by atoms with Crippen LogP contribution in [0.25, 0.3) is 0 Å². The molecular weight excluding hydrogens is 446 g/mol. The first-order chi connectivity index (χ1) is 13.7. The minimum atomic E-state index is -1.38. The fraction of sp³-hybridized carbons (Fsp3) is 0.333. The second-order valence-corrected chi connectivity index (χ2v) is 8.04. The molecule has 0 saturated carbocycles. The fourth-order valence-electron chi connectivity index (χ4n) is 3.63. The number of hydrogen-bond acceptors (Lipinski definition) is 3. The molecule has 2 amide bonds. The van der Waals surface area contributed by atoms with Gasteiger partial charge in [-0.15, -0.1) is 0 Å². The van der Waals surface area contributed by atoms with Crippen LogP contribution in [0.1, 0.15) is 43.4 Å². The number of nitrogens with two attached hydrogens (primary N) is 1. The summed E-state index contributed by atoms with van der Waals surface area (Å²) in [6, 6.07) is 10.4. The van der Waals surface area contributed by atoms with Crippen molar-refractivity contribution in [2.45, 2.75) is 37.8 Å². The van der Waals surface area contributed by atoms with E-state index in [0.29, 0.717) is 0 Å². The maximum absolute atomic E-state index is 14.5. The number of ether oxygens (including phenoxy) is 1. The molecule has 154 valence electrons. The third-order valence-electron chi connectivity index (χ3n) is 5.29. The summed E-state index contributed by atoms with van der Waals surface area (Å²) in [6.45, 7) is 2.16. The Morgan fingerprint density at radius 3 is 2.55 bits per heavy atom. The summed E-state index contributed by atoms with van der Waals surface area (Å²) < 4.78 is 34.5. The number of cyclic esters (lactones) is 1. The van der Waals surface area contributed by atoms with Crippen molar-refractivity contribution in [3.8, 4) is 0 Å². The number of nitrogens with zero attached hydrogens (tertiary/aromatic N) is 1. The van der Waals surface area contributed by atoms with Crippen LogP contribution in [0.3, 0.4) is 0 Å². The van der Waals surface area contributed by atoms with Crippen molar-refractivity contribution in [3.05, 3.63) is 69.7 Å². The zero-order valence-electron chi connectivity index (χ0n) is 15.8. The molecule has 1 aliphatic heterocycles. The van der Waals surface area contributed by atoms with Crippen LogP contribution < -0.4 is 5.73 Å². The first kappa shape index (κ1) is 21.2. The summed E-state index contributed by atoms with van der Waals surface area (Å²) >= 11 is 3.38. The van der Waals surface area contributed by atoms with Crippen molar-refractivity contribution < 1.29 is 23.1 Å². The Hall–Kier alpha value is -2.48. The minimum absolute atomic E-state index is 0.0249. The van der Waals surface area contributed by atoms with Crippen molar-refractivity contribution >= 4 is 27.9 Å². The molecule has 0 bridgehead atoms. The normalized spacial score (nSPS) is 20.3. The van der Waals surface area contributed by atoms with Gasteiger partial charge in [0.05, 0.1) is 6.04 Å².